The second-order valence-corrected chi connectivity index (χ2v) is 6.58. The van der Waals surface area contributed by atoms with E-state index in [1.165, 1.54) is 6.07 Å². The molecule has 1 aliphatic rings. The van der Waals surface area contributed by atoms with Crippen LogP contribution < -0.4 is 15.8 Å². The number of rotatable bonds is 6. The number of ether oxygens (including phenoxy) is 1. The number of carbonyl (C=O) groups is 1. The summed E-state index contributed by atoms with van der Waals surface area (Å²) in [5, 5.41) is 3.55. The maximum Gasteiger partial charge on any atom is 0.255 e. The van der Waals surface area contributed by atoms with Crippen molar-refractivity contribution in [2.24, 2.45) is 11.7 Å². The van der Waals surface area contributed by atoms with Gasteiger partial charge in [-0.1, -0.05) is 31.2 Å². The number of fused-ring (bicyclic) bond motifs is 1. The lowest BCUT2D eigenvalue weighted by Gasteiger charge is -2.32. The highest BCUT2D eigenvalue weighted by molar-refractivity contribution is 5.75. The van der Waals surface area contributed by atoms with Crippen molar-refractivity contribution >= 4 is 5.91 Å². The van der Waals surface area contributed by atoms with Gasteiger partial charge >= 0.3 is 0 Å². The minimum Gasteiger partial charge on any atom is -0.484 e. The largest absolute Gasteiger partial charge is 0.484 e. The van der Waals surface area contributed by atoms with Crippen molar-refractivity contribution in [2.45, 2.75) is 32.4 Å². The first-order valence-corrected chi connectivity index (χ1v) is 8.55. The zero-order chi connectivity index (χ0) is 17.8. The molecule has 0 aliphatic heterocycles. The van der Waals surface area contributed by atoms with Crippen LogP contribution in [-0.4, -0.2) is 12.5 Å². The molecule has 0 spiro atoms. The molecule has 3 rings (SSSR count). The number of halogens is 1. The van der Waals surface area contributed by atoms with E-state index in [9.17, 15) is 9.18 Å². The first kappa shape index (κ1) is 17.4. The van der Waals surface area contributed by atoms with Gasteiger partial charge in [0.15, 0.2) is 6.61 Å². The van der Waals surface area contributed by atoms with E-state index in [0.717, 1.165) is 29.5 Å². The average molecular weight is 342 g/mol. The molecule has 0 aromatic heterocycles. The number of carbonyl (C=O) groups excluding carboxylic acids is 1. The summed E-state index contributed by atoms with van der Waals surface area (Å²) in [5.41, 5.74) is 8.03. The fourth-order valence-corrected chi connectivity index (χ4v) is 3.41. The molecule has 25 heavy (non-hydrogen) atoms. The van der Waals surface area contributed by atoms with Crippen molar-refractivity contribution in [3.8, 4) is 5.75 Å². The van der Waals surface area contributed by atoms with Gasteiger partial charge in [0.05, 0.1) is 0 Å². The van der Waals surface area contributed by atoms with Crippen molar-refractivity contribution in [3.05, 3.63) is 65.0 Å². The SMILES string of the molecule is C[C@@H]1CCc2c(F)cccc2[C@H]1NCc1cccc(OCC(N)=O)c1. The third-order valence-electron chi connectivity index (χ3n) is 4.71. The van der Waals surface area contributed by atoms with Crippen LogP contribution in [0.15, 0.2) is 42.5 Å². The highest BCUT2D eigenvalue weighted by atomic mass is 19.1. The molecule has 1 aliphatic carbocycles. The lowest BCUT2D eigenvalue weighted by atomic mass is 9.80. The fourth-order valence-electron chi connectivity index (χ4n) is 3.41. The smallest absolute Gasteiger partial charge is 0.255 e. The van der Waals surface area contributed by atoms with E-state index < -0.39 is 5.91 Å². The van der Waals surface area contributed by atoms with Crippen molar-refractivity contribution < 1.29 is 13.9 Å². The molecule has 2 aromatic carbocycles. The molecule has 2 aromatic rings. The maximum atomic E-state index is 14.1. The van der Waals surface area contributed by atoms with Crippen LogP contribution in [0.4, 0.5) is 4.39 Å². The van der Waals surface area contributed by atoms with Crippen molar-refractivity contribution in [1.29, 1.82) is 0 Å². The lowest BCUT2D eigenvalue weighted by Crippen LogP contribution is -2.31. The Hall–Kier alpha value is -2.40. The lowest BCUT2D eigenvalue weighted by molar-refractivity contribution is -0.119. The zero-order valence-electron chi connectivity index (χ0n) is 14.3. The average Bonchev–Trinajstić information content (AvgIpc) is 2.60. The molecule has 0 unspecified atom stereocenters. The summed E-state index contributed by atoms with van der Waals surface area (Å²) in [5.74, 6) is 0.432. The van der Waals surface area contributed by atoms with E-state index in [1.807, 2.05) is 24.3 Å². The molecule has 0 saturated carbocycles. The third kappa shape index (κ3) is 4.17. The van der Waals surface area contributed by atoms with Crippen molar-refractivity contribution in [3.63, 3.8) is 0 Å². The van der Waals surface area contributed by atoms with Crippen LogP contribution in [0.5, 0.6) is 5.75 Å². The summed E-state index contributed by atoms with van der Waals surface area (Å²) in [6.07, 6.45) is 1.76. The Morgan fingerprint density at radius 2 is 2.12 bits per heavy atom. The molecule has 132 valence electrons. The van der Waals surface area contributed by atoms with Crippen molar-refractivity contribution in [1.82, 2.24) is 5.32 Å². The monoisotopic (exact) mass is 342 g/mol. The first-order chi connectivity index (χ1) is 12.0. The number of nitrogens with one attached hydrogen (secondary N) is 1. The normalized spacial score (nSPS) is 19.3. The maximum absolute atomic E-state index is 14.1. The van der Waals surface area contributed by atoms with Crippen LogP contribution in [0.1, 0.15) is 36.1 Å². The van der Waals surface area contributed by atoms with Crippen LogP contribution in [-0.2, 0) is 17.8 Å². The Morgan fingerprint density at radius 1 is 1.32 bits per heavy atom. The zero-order valence-corrected chi connectivity index (χ0v) is 14.3. The van der Waals surface area contributed by atoms with Crippen LogP contribution >= 0.6 is 0 Å². The molecule has 2 atom stereocenters. The highest BCUT2D eigenvalue weighted by Crippen LogP contribution is 2.35. The molecule has 0 bridgehead atoms. The molecular formula is C20H23FN2O2. The molecule has 0 heterocycles. The minimum atomic E-state index is -0.502. The van der Waals surface area contributed by atoms with E-state index in [2.05, 4.69) is 12.2 Å². The molecule has 4 nitrogen and oxygen atoms in total. The second kappa shape index (κ2) is 7.66. The Balaban J connectivity index is 1.70. The number of hydrogen-bond acceptors (Lipinski definition) is 3. The summed E-state index contributed by atoms with van der Waals surface area (Å²) in [6, 6.07) is 13.0. The van der Waals surface area contributed by atoms with E-state index in [1.54, 1.807) is 12.1 Å². The molecular weight excluding hydrogens is 319 g/mol. The van der Waals surface area contributed by atoms with Crippen molar-refractivity contribution in [2.75, 3.05) is 6.61 Å². The first-order valence-electron chi connectivity index (χ1n) is 8.55. The second-order valence-electron chi connectivity index (χ2n) is 6.58. The number of benzene rings is 2. The molecule has 1 amide bonds. The van der Waals surface area contributed by atoms with Gasteiger partial charge in [-0.3, -0.25) is 4.79 Å². The number of hydrogen-bond donors (Lipinski definition) is 2. The van der Waals surface area contributed by atoms with E-state index >= 15 is 0 Å². The Kier molecular flexibility index (Phi) is 5.34. The quantitative estimate of drug-likeness (QED) is 0.848. The summed E-state index contributed by atoms with van der Waals surface area (Å²) in [4.78, 5) is 10.8. The topological polar surface area (TPSA) is 64.3 Å². The van der Waals surface area contributed by atoms with Crippen LogP contribution in [0.3, 0.4) is 0 Å². The van der Waals surface area contributed by atoms with Gasteiger partial charge in [0.2, 0.25) is 0 Å². The number of nitrogens with two attached hydrogens (primary N) is 1. The van der Waals surface area contributed by atoms with Gasteiger partial charge in [-0.15, -0.1) is 0 Å². The number of amides is 1. The van der Waals surface area contributed by atoms with E-state index in [-0.39, 0.29) is 18.5 Å². The predicted molar refractivity (Wildman–Crippen MR) is 94.6 cm³/mol. The molecule has 0 fully saturated rings. The van der Waals surface area contributed by atoms with Gasteiger partial charge < -0.3 is 15.8 Å². The van der Waals surface area contributed by atoms with Gasteiger partial charge in [0.1, 0.15) is 11.6 Å². The summed E-state index contributed by atoms with van der Waals surface area (Å²) < 4.78 is 19.4. The van der Waals surface area contributed by atoms with E-state index in [4.69, 9.17) is 10.5 Å². The molecule has 5 heteroatoms. The summed E-state index contributed by atoms with van der Waals surface area (Å²) >= 11 is 0. The van der Waals surface area contributed by atoms with Crippen LogP contribution in [0.25, 0.3) is 0 Å². The van der Waals surface area contributed by atoms with Gasteiger partial charge in [0.25, 0.3) is 5.91 Å². The van der Waals surface area contributed by atoms with Gasteiger partial charge in [-0.2, -0.15) is 0 Å². The molecule has 0 radical (unpaired) electrons. The van der Waals surface area contributed by atoms with Gasteiger partial charge in [-0.05, 0) is 53.6 Å². The van der Waals surface area contributed by atoms with E-state index in [0.29, 0.717) is 18.2 Å². The molecule has 0 saturated heterocycles. The third-order valence-corrected chi connectivity index (χ3v) is 4.71. The van der Waals surface area contributed by atoms with Gasteiger partial charge in [-0.25, -0.2) is 4.39 Å². The van der Waals surface area contributed by atoms with Gasteiger partial charge in [0, 0.05) is 12.6 Å². The standard InChI is InChI=1S/C20H23FN2O2/c1-13-8-9-16-17(6-3-7-18(16)21)20(13)23-11-14-4-2-5-15(10-14)25-12-19(22)24/h2-7,10,13,20,23H,8-9,11-12H2,1H3,(H2,22,24)/t13-,20+/m1/s1. The van der Waals surface area contributed by atoms with Crippen LogP contribution in [0.2, 0.25) is 0 Å². The fraction of sp³-hybridized carbons (Fsp3) is 0.350. The number of primary amides is 1. The van der Waals surface area contributed by atoms with Crippen LogP contribution in [0, 0.1) is 11.7 Å². The Bertz CT molecular complexity index is 763. The minimum absolute atomic E-state index is 0.113. The highest BCUT2D eigenvalue weighted by Gasteiger charge is 2.27. The Morgan fingerprint density at radius 3 is 2.92 bits per heavy atom. The Labute approximate surface area is 147 Å². The summed E-state index contributed by atoms with van der Waals surface area (Å²) in [6.45, 7) is 2.69. The molecule has 3 N–H and O–H groups in total. The summed E-state index contributed by atoms with van der Waals surface area (Å²) in [7, 11) is 0. The predicted octanol–water partition coefficient (Wildman–Crippen LogP) is 3.10.